The Balaban J connectivity index is 0.00000288. The van der Waals surface area contributed by atoms with Gasteiger partial charge in [0.15, 0.2) is 6.33 Å². The molecule has 0 aliphatic rings. The lowest BCUT2D eigenvalue weighted by molar-refractivity contribution is -0.120. The normalized spacial score (nSPS) is 10.0. The molecule has 1 amide bonds. The second kappa shape index (κ2) is 12.0. The Morgan fingerprint density at radius 1 is 1.08 bits per heavy atom. The molecule has 1 heterocycles. The molecule has 0 aliphatic carbocycles. The van der Waals surface area contributed by atoms with Crippen LogP contribution in [0.2, 0.25) is 0 Å². The zero-order valence-corrected chi connectivity index (χ0v) is 15.4. The smallest absolute Gasteiger partial charge is 0.221 e. The standard InChI is InChI=1S/C14H18N6OS2.ClH/c15-6-8-23-22-7-5-13(21)16-9-11-1-3-12(4-2-11)14-19-17-10-18-20-14;/h1-4,10H,5-9,15H2,(H,16,21);1H. The number of hydrogen-bond acceptors (Lipinski definition) is 8. The summed E-state index contributed by atoms with van der Waals surface area (Å²) in [6.45, 7) is 1.17. The van der Waals surface area contributed by atoms with Gasteiger partial charge in [-0.3, -0.25) is 4.79 Å². The highest BCUT2D eigenvalue weighted by Crippen LogP contribution is 2.20. The number of aromatic nitrogens is 4. The van der Waals surface area contributed by atoms with Crippen molar-refractivity contribution in [1.29, 1.82) is 0 Å². The van der Waals surface area contributed by atoms with Crippen molar-refractivity contribution in [3.63, 3.8) is 0 Å². The number of halogens is 1. The molecule has 0 saturated carbocycles. The van der Waals surface area contributed by atoms with Crippen molar-refractivity contribution < 1.29 is 4.79 Å². The molecule has 3 N–H and O–H groups in total. The average molecular weight is 387 g/mol. The summed E-state index contributed by atoms with van der Waals surface area (Å²) >= 11 is 0. The van der Waals surface area contributed by atoms with Crippen molar-refractivity contribution >= 4 is 39.9 Å². The highest BCUT2D eigenvalue weighted by Gasteiger charge is 2.04. The van der Waals surface area contributed by atoms with Gasteiger partial charge in [-0.2, -0.15) is 0 Å². The molecule has 1 aromatic heterocycles. The van der Waals surface area contributed by atoms with Crippen LogP contribution in [0.15, 0.2) is 30.6 Å². The summed E-state index contributed by atoms with van der Waals surface area (Å²) in [6, 6.07) is 7.63. The van der Waals surface area contributed by atoms with Gasteiger partial charge < -0.3 is 11.1 Å². The van der Waals surface area contributed by atoms with Crippen LogP contribution in [0.25, 0.3) is 11.4 Å². The summed E-state index contributed by atoms with van der Waals surface area (Å²) in [6.07, 6.45) is 1.80. The molecule has 0 fully saturated rings. The van der Waals surface area contributed by atoms with Crippen molar-refractivity contribution in [2.24, 2.45) is 5.73 Å². The summed E-state index contributed by atoms with van der Waals surface area (Å²) in [5, 5.41) is 18.1. The third-order valence-corrected chi connectivity index (χ3v) is 5.25. The molecular formula is C14H19ClN6OS2. The molecule has 2 aromatic rings. The highest BCUT2D eigenvalue weighted by molar-refractivity contribution is 8.76. The SMILES string of the molecule is Cl.NCCSSCCC(=O)NCc1ccc(-c2nncnn2)cc1. The molecule has 2 rings (SSSR count). The van der Waals surface area contributed by atoms with Gasteiger partial charge in [-0.25, -0.2) is 0 Å². The first-order chi connectivity index (χ1) is 11.3. The van der Waals surface area contributed by atoms with Gasteiger partial charge in [0.05, 0.1) is 0 Å². The van der Waals surface area contributed by atoms with Crippen molar-refractivity contribution in [3.8, 4) is 11.4 Å². The number of nitrogens with zero attached hydrogens (tertiary/aromatic N) is 4. The fourth-order valence-electron chi connectivity index (χ4n) is 1.68. The summed E-state index contributed by atoms with van der Waals surface area (Å²) in [5.41, 5.74) is 7.26. The topological polar surface area (TPSA) is 107 Å². The van der Waals surface area contributed by atoms with Crippen LogP contribution in [-0.4, -0.2) is 44.4 Å². The number of amides is 1. The maximum atomic E-state index is 11.7. The molecule has 1 aromatic carbocycles. The van der Waals surface area contributed by atoms with E-state index in [0.29, 0.717) is 25.3 Å². The van der Waals surface area contributed by atoms with Crippen LogP contribution in [0.5, 0.6) is 0 Å². The van der Waals surface area contributed by atoms with Crippen molar-refractivity contribution in [3.05, 3.63) is 36.2 Å². The number of carbonyl (C=O) groups is 1. The van der Waals surface area contributed by atoms with E-state index in [4.69, 9.17) is 5.73 Å². The zero-order chi connectivity index (χ0) is 16.3. The van der Waals surface area contributed by atoms with E-state index >= 15 is 0 Å². The van der Waals surface area contributed by atoms with Gasteiger partial charge in [-0.15, -0.1) is 32.8 Å². The van der Waals surface area contributed by atoms with E-state index in [2.05, 4.69) is 25.7 Å². The Hall–Kier alpha value is -1.42. The van der Waals surface area contributed by atoms with Crippen LogP contribution in [0, 0.1) is 0 Å². The minimum atomic E-state index is 0. The lowest BCUT2D eigenvalue weighted by Crippen LogP contribution is -2.22. The number of benzene rings is 1. The van der Waals surface area contributed by atoms with Crippen molar-refractivity contribution in [2.45, 2.75) is 13.0 Å². The molecule has 10 heteroatoms. The van der Waals surface area contributed by atoms with Crippen LogP contribution in [0.1, 0.15) is 12.0 Å². The Kier molecular flexibility index (Phi) is 10.3. The Morgan fingerprint density at radius 2 is 1.75 bits per heavy atom. The molecule has 24 heavy (non-hydrogen) atoms. The second-order valence-electron chi connectivity index (χ2n) is 4.53. The van der Waals surface area contributed by atoms with E-state index in [-0.39, 0.29) is 18.3 Å². The van der Waals surface area contributed by atoms with E-state index in [1.807, 2.05) is 24.3 Å². The van der Waals surface area contributed by atoms with Crippen molar-refractivity contribution in [1.82, 2.24) is 25.7 Å². The van der Waals surface area contributed by atoms with Crippen LogP contribution >= 0.6 is 34.0 Å². The van der Waals surface area contributed by atoms with Gasteiger partial charge in [0.25, 0.3) is 0 Å². The Labute approximate surface area is 154 Å². The lowest BCUT2D eigenvalue weighted by atomic mass is 10.1. The monoisotopic (exact) mass is 386 g/mol. The minimum absolute atomic E-state index is 0. The summed E-state index contributed by atoms with van der Waals surface area (Å²) in [7, 11) is 3.38. The quantitative estimate of drug-likeness (QED) is 0.495. The summed E-state index contributed by atoms with van der Waals surface area (Å²) in [5.74, 6) is 2.24. The van der Waals surface area contributed by atoms with E-state index in [1.165, 1.54) is 6.33 Å². The molecule has 130 valence electrons. The molecule has 7 nitrogen and oxygen atoms in total. The van der Waals surface area contributed by atoms with Gasteiger partial charge in [0.1, 0.15) is 0 Å². The fourth-order valence-corrected chi connectivity index (χ4v) is 3.53. The largest absolute Gasteiger partial charge is 0.352 e. The predicted molar refractivity (Wildman–Crippen MR) is 101 cm³/mol. The maximum absolute atomic E-state index is 11.7. The van der Waals surface area contributed by atoms with E-state index in [1.54, 1.807) is 21.6 Å². The number of rotatable bonds is 9. The molecule has 0 unspecified atom stereocenters. The minimum Gasteiger partial charge on any atom is -0.352 e. The molecule has 0 atom stereocenters. The fraction of sp³-hybridized carbons (Fsp3) is 0.357. The third-order valence-electron chi connectivity index (χ3n) is 2.81. The number of carbonyl (C=O) groups excluding carboxylic acids is 1. The lowest BCUT2D eigenvalue weighted by Gasteiger charge is -2.06. The van der Waals surface area contributed by atoms with Crippen LogP contribution < -0.4 is 11.1 Å². The Morgan fingerprint density at radius 3 is 2.42 bits per heavy atom. The van der Waals surface area contributed by atoms with Crippen LogP contribution in [-0.2, 0) is 11.3 Å². The van der Waals surface area contributed by atoms with Crippen molar-refractivity contribution in [2.75, 3.05) is 18.1 Å². The molecule has 0 saturated heterocycles. The summed E-state index contributed by atoms with van der Waals surface area (Å²) < 4.78 is 0. The van der Waals surface area contributed by atoms with Gasteiger partial charge in [0.2, 0.25) is 11.7 Å². The Bertz CT molecular complexity index is 602. The first-order valence-corrected chi connectivity index (χ1v) is 9.59. The zero-order valence-electron chi connectivity index (χ0n) is 12.9. The second-order valence-corrected chi connectivity index (χ2v) is 7.23. The van der Waals surface area contributed by atoms with Gasteiger partial charge >= 0.3 is 0 Å². The average Bonchev–Trinajstić information content (AvgIpc) is 2.61. The van der Waals surface area contributed by atoms with Crippen LogP contribution in [0.3, 0.4) is 0 Å². The van der Waals surface area contributed by atoms with E-state index in [0.717, 1.165) is 22.6 Å². The number of nitrogens with two attached hydrogens (primary N) is 1. The van der Waals surface area contributed by atoms with Crippen LogP contribution in [0.4, 0.5) is 0 Å². The van der Waals surface area contributed by atoms with Gasteiger partial charge in [-0.05, 0) is 5.56 Å². The molecular weight excluding hydrogens is 368 g/mol. The first-order valence-electron chi connectivity index (χ1n) is 7.10. The summed E-state index contributed by atoms with van der Waals surface area (Å²) in [4.78, 5) is 11.7. The van der Waals surface area contributed by atoms with Gasteiger partial charge in [0, 0.05) is 36.6 Å². The number of nitrogens with one attached hydrogen (secondary N) is 1. The molecule has 0 aliphatic heterocycles. The predicted octanol–water partition coefficient (Wildman–Crippen LogP) is 1.70. The third kappa shape index (κ3) is 7.43. The maximum Gasteiger partial charge on any atom is 0.221 e. The number of hydrogen-bond donors (Lipinski definition) is 2. The molecule has 0 spiro atoms. The van der Waals surface area contributed by atoms with E-state index in [9.17, 15) is 4.79 Å². The van der Waals surface area contributed by atoms with E-state index < -0.39 is 0 Å². The first kappa shape index (κ1) is 20.6. The highest BCUT2D eigenvalue weighted by atomic mass is 35.5. The molecule has 0 radical (unpaired) electrons. The molecule has 0 bridgehead atoms. The van der Waals surface area contributed by atoms with Gasteiger partial charge in [-0.1, -0.05) is 45.9 Å².